The largest absolute Gasteiger partial charge is 0.450 e. The Balaban J connectivity index is 0.000000212. The molecule has 4 aliphatic heterocycles. The van der Waals surface area contributed by atoms with Crippen LogP contribution in [0, 0.1) is 11.6 Å². The Morgan fingerprint density at radius 2 is 1.08 bits per heavy atom. The van der Waals surface area contributed by atoms with Gasteiger partial charge in [-0.25, -0.2) is 13.6 Å². The molecule has 12 nitrogen and oxygen atoms in total. The van der Waals surface area contributed by atoms with E-state index in [1.165, 1.54) is 29.8 Å². The molecule has 6 aromatic rings. The van der Waals surface area contributed by atoms with E-state index in [0.29, 0.717) is 45.4 Å². The van der Waals surface area contributed by atoms with Crippen LogP contribution < -0.4 is 5.32 Å². The van der Waals surface area contributed by atoms with Gasteiger partial charge in [0.25, 0.3) is 0 Å². The number of pyridine rings is 2. The molecule has 10 rings (SSSR count). The molecule has 2 aromatic heterocycles. The van der Waals surface area contributed by atoms with Crippen molar-refractivity contribution in [3.63, 3.8) is 0 Å². The van der Waals surface area contributed by atoms with Crippen molar-refractivity contribution in [3.8, 4) is 44.8 Å². The molecule has 460 valence electrons. The van der Waals surface area contributed by atoms with E-state index in [1.54, 1.807) is 30.9 Å². The van der Waals surface area contributed by atoms with E-state index in [2.05, 4.69) is 95.1 Å². The molecule has 1 amide bonds. The SMILES string of the molecule is CC(=O)C[C@H]1C[C@@H](/C=C/c2c(C(C)C)nc3c(c2-c2ccc(F)cc2)CN(C(=O)OCC[Si](C)(C)C)Cc2ccccc2-3)OC(C)(C)O1.CC(=O)C[C@H]1C[C@@H](/C=C/c2c(C(C)C)nc3c(c2-c2ccc(F)cc2)CNCc2ccccc2-3)OC(C)(C)O1. The van der Waals surface area contributed by atoms with Gasteiger partial charge in [-0.15, -0.1) is 0 Å². The summed E-state index contributed by atoms with van der Waals surface area (Å²) in [5.74, 6) is -1.89. The molecule has 1 N–H and O–H groups in total. The Morgan fingerprint density at radius 3 is 1.55 bits per heavy atom. The summed E-state index contributed by atoms with van der Waals surface area (Å²) in [6.07, 6.45) is 8.69. The summed E-state index contributed by atoms with van der Waals surface area (Å²) in [6, 6.07) is 30.6. The molecule has 2 saturated heterocycles. The van der Waals surface area contributed by atoms with Crippen molar-refractivity contribution in [2.45, 2.75) is 195 Å². The molecule has 0 spiro atoms. The third-order valence-corrected chi connectivity index (χ3v) is 17.7. The quantitative estimate of drug-likeness (QED) is 0.0983. The van der Waals surface area contributed by atoms with Gasteiger partial charge in [-0.05, 0) is 117 Å². The number of benzene rings is 4. The van der Waals surface area contributed by atoms with Crippen molar-refractivity contribution >= 4 is 37.9 Å². The second-order valence-corrected chi connectivity index (χ2v) is 32.0. The Labute approximate surface area is 514 Å². The van der Waals surface area contributed by atoms with Gasteiger partial charge in [0.1, 0.15) is 23.2 Å². The summed E-state index contributed by atoms with van der Waals surface area (Å²) in [7, 11) is -1.41. The van der Waals surface area contributed by atoms with Crippen LogP contribution in [0.15, 0.2) is 109 Å². The van der Waals surface area contributed by atoms with Gasteiger partial charge in [0.05, 0.1) is 66.9 Å². The molecule has 6 heterocycles. The summed E-state index contributed by atoms with van der Waals surface area (Å²) >= 11 is 0. The first kappa shape index (κ1) is 64.6. The van der Waals surface area contributed by atoms with Crippen molar-refractivity contribution in [1.82, 2.24) is 20.2 Å². The second kappa shape index (κ2) is 27.3. The minimum absolute atomic E-state index is 0.0460. The number of rotatable bonds is 15. The molecule has 4 aromatic carbocycles. The number of fused-ring (bicyclic) bond motifs is 6. The Hall–Kier alpha value is -6.85. The maximum atomic E-state index is 14.3. The standard InChI is InChI=1S/C39H49FN2O5Si.C33H37FN2O3/c1-25(2)36-33(18-17-30-22-31(21-26(3)43)47-39(4,5)46-30)35(27-13-15-29(40)16-14-27)34-24-42(38(44)45-19-20-48(6,7)8)23-28-11-9-10-12-32(28)37(34)41-36;1-20(2)31-28(15-14-25-17-26(16-21(3)37)39-33(4,5)38-25)30(22-10-12-24(34)13-11-22)29-19-35-18-23-8-6-7-9-27(23)32(29)36-31/h9-18,25,30-31H,19-24H2,1-8H3;6-15,20,25-26,35H,16-19H2,1-5H3/b18-17+;15-14+/t30-,31+;25-,26+/m11/s1. The minimum atomic E-state index is -1.41. The van der Waals surface area contributed by atoms with Gasteiger partial charge < -0.3 is 29.0 Å². The van der Waals surface area contributed by atoms with Crippen molar-refractivity contribution in [2.75, 3.05) is 6.61 Å². The predicted molar refractivity (Wildman–Crippen MR) is 343 cm³/mol. The van der Waals surface area contributed by atoms with E-state index in [9.17, 15) is 23.2 Å². The smallest absolute Gasteiger partial charge is 0.410 e. The maximum Gasteiger partial charge on any atom is 0.410 e. The van der Waals surface area contributed by atoms with E-state index >= 15 is 0 Å². The van der Waals surface area contributed by atoms with Gasteiger partial charge in [0.2, 0.25) is 0 Å². The first-order valence-electron chi connectivity index (χ1n) is 30.7. The van der Waals surface area contributed by atoms with E-state index in [4.69, 9.17) is 33.7 Å². The topological polar surface area (TPSA) is 138 Å². The van der Waals surface area contributed by atoms with Crippen LogP contribution >= 0.6 is 0 Å². The predicted octanol–water partition coefficient (Wildman–Crippen LogP) is 16.6. The Bertz CT molecular complexity index is 3540. The van der Waals surface area contributed by atoms with Crippen molar-refractivity contribution in [1.29, 1.82) is 0 Å². The van der Waals surface area contributed by atoms with Crippen molar-refractivity contribution in [2.24, 2.45) is 0 Å². The lowest BCUT2D eigenvalue weighted by Gasteiger charge is -2.39. The molecule has 15 heteroatoms. The van der Waals surface area contributed by atoms with Gasteiger partial charge in [-0.2, -0.15) is 0 Å². The fourth-order valence-corrected chi connectivity index (χ4v) is 13.0. The molecule has 0 radical (unpaired) electrons. The zero-order chi connectivity index (χ0) is 62.5. The lowest BCUT2D eigenvalue weighted by atomic mass is 9.87. The number of ketones is 2. The lowest BCUT2D eigenvalue weighted by molar-refractivity contribution is -0.290. The first-order chi connectivity index (χ1) is 41.2. The lowest BCUT2D eigenvalue weighted by Crippen LogP contribution is -2.44. The van der Waals surface area contributed by atoms with E-state index in [0.717, 1.165) is 96.6 Å². The number of carbonyl (C=O) groups is 3. The third kappa shape index (κ3) is 16.3. The fourth-order valence-electron chi connectivity index (χ4n) is 12.3. The molecule has 4 aliphatic rings. The van der Waals surface area contributed by atoms with E-state index in [1.807, 2.05) is 70.2 Å². The van der Waals surface area contributed by atoms with Gasteiger partial charge in [-0.1, -0.05) is 144 Å². The highest BCUT2D eigenvalue weighted by molar-refractivity contribution is 6.76. The molecule has 2 fully saturated rings. The zero-order valence-electron chi connectivity index (χ0n) is 52.9. The van der Waals surface area contributed by atoms with Crippen LogP contribution in [0.4, 0.5) is 13.6 Å². The number of ether oxygens (including phenoxy) is 5. The highest BCUT2D eigenvalue weighted by Gasteiger charge is 2.38. The van der Waals surface area contributed by atoms with Crippen LogP contribution in [0.2, 0.25) is 25.7 Å². The number of hydrogen-bond acceptors (Lipinski definition) is 11. The average Bonchev–Trinajstić information content (AvgIpc) is 2.20. The fraction of sp³-hybridized carbons (Fsp3) is 0.431. The van der Waals surface area contributed by atoms with Gasteiger partial charge in [-0.3, -0.25) is 24.5 Å². The monoisotopic (exact) mass is 1200 g/mol. The number of carbonyl (C=O) groups excluding carboxylic acids is 3. The van der Waals surface area contributed by atoms with Crippen LogP contribution in [0.1, 0.15) is 152 Å². The summed E-state index contributed by atoms with van der Waals surface area (Å²) < 4.78 is 58.8. The third-order valence-electron chi connectivity index (χ3n) is 16.0. The summed E-state index contributed by atoms with van der Waals surface area (Å²) in [4.78, 5) is 49.9. The molecule has 0 bridgehead atoms. The van der Waals surface area contributed by atoms with E-state index in [-0.39, 0.29) is 72.1 Å². The molecule has 0 unspecified atom stereocenters. The average molecular weight is 1200 g/mol. The highest BCUT2D eigenvalue weighted by atomic mass is 28.3. The number of nitrogens with zero attached hydrogens (tertiary/aromatic N) is 3. The number of aromatic nitrogens is 2. The summed E-state index contributed by atoms with van der Waals surface area (Å²) in [6.45, 7) is 28.4. The molecule has 0 aliphatic carbocycles. The van der Waals surface area contributed by atoms with Gasteiger partial charge >= 0.3 is 6.09 Å². The maximum absolute atomic E-state index is 14.3. The van der Waals surface area contributed by atoms with E-state index < -0.39 is 19.6 Å². The summed E-state index contributed by atoms with van der Waals surface area (Å²) in [5, 5.41) is 3.59. The second-order valence-electron chi connectivity index (χ2n) is 26.3. The molecule has 87 heavy (non-hydrogen) atoms. The van der Waals surface area contributed by atoms with Gasteiger partial charge in [0.15, 0.2) is 11.6 Å². The van der Waals surface area contributed by atoms with Crippen LogP contribution in [0.5, 0.6) is 0 Å². The molecular weight excluding hydrogens is 1110 g/mol. The van der Waals surface area contributed by atoms with Gasteiger partial charge in [0, 0.05) is 80.2 Å². The highest BCUT2D eigenvalue weighted by Crippen LogP contribution is 2.45. The number of Topliss-reactive ketones (excluding diaryl/α,β-unsaturated/α-hetero) is 2. The van der Waals surface area contributed by atoms with Crippen LogP contribution in [-0.2, 0) is 59.5 Å². The van der Waals surface area contributed by atoms with Crippen molar-refractivity contribution in [3.05, 3.63) is 166 Å². The van der Waals surface area contributed by atoms with Crippen LogP contribution in [0.3, 0.4) is 0 Å². The minimum Gasteiger partial charge on any atom is -0.450 e. The number of hydrogen-bond donors (Lipinski definition) is 1. The number of halogens is 2. The zero-order valence-corrected chi connectivity index (χ0v) is 53.9. The first-order valence-corrected chi connectivity index (χ1v) is 34.4. The number of nitrogens with one attached hydrogen (secondary N) is 1. The Kier molecular flexibility index (Phi) is 20.2. The normalized spacial score (nSPS) is 19.8. The molecule has 0 saturated carbocycles. The van der Waals surface area contributed by atoms with Crippen molar-refractivity contribution < 1.29 is 46.8 Å². The van der Waals surface area contributed by atoms with Crippen LogP contribution in [0.25, 0.3) is 56.9 Å². The molecule has 4 atom stereocenters. The molecular formula is C72H86F2N4O8Si. The summed E-state index contributed by atoms with van der Waals surface area (Å²) in [5.41, 5.74) is 15.5. The number of amides is 1. The van der Waals surface area contributed by atoms with Crippen LogP contribution in [-0.4, -0.2) is 83.2 Å². The Morgan fingerprint density at radius 1 is 0.632 bits per heavy atom.